The first-order valence-electron chi connectivity index (χ1n) is 6.08. The van der Waals surface area contributed by atoms with Crippen LogP contribution in [0.2, 0.25) is 5.15 Å². The van der Waals surface area contributed by atoms with E-state index >= 15 is 0 Å². The number of allylic oxidation sites excluding steroid dienone is 1. The molecule has 1 saturated carbocycles. The summed E-state index contributed by atoms with van der Waals surface area (Å²) in [5.41, 5.74) is 0.428. The molecule has 0 saturated heterocycles. The van der Waals surface area contributed by atoms with E-state index in [0.717, 1.165) is 12.0 Å². The van der Waals surface area contributed by atoms with Gasteiger partial charge in [-0.05, 0) is 29.9 Å². The Morgan fingerprint density at radius 2 is 2.20 bits per heavy atom. The van der Waals surface area contributed by atoms with Crippen molar-refractivity contribution in [3.05, 3.63) is 56.5 Å². The van der Waals surface area contributed by atoms with E-state index in [1.54, 1.807) is 6.07 Å². The number of hydrogen-bond donors (Lipinski definition) is 2. The van der Waals surface area contributed by atoms with Gasteiger partial charge in [0, 0.05) is 6.20 Å². The molecular weight excluding hydrogens is 280 g/mol. The van der Waals surface area contributed by atoms with Crippen LogP contribution in [0, 0.1) is 5.92 Å². The third kappa shape index (κ3) is 2.18. The molecule has 0 amide bonds. The second-order valence-corrected chi connectivity index (χ2v) is 5.06. The van der Waals surface area contributed by atoms with Gasteiger partial charge < -0.3 is 4.98 Å². The first-order valence-corrected chi connectivity index (χ1v) is 6.46. The lowest BCUT2D eigenvalue weighted by Crippen LogP contribution is -2.22. The molecule has 1 unspecified atom stereocenters. The van der Waals surface area contributed by atoms with Gasteiger partial charge >= 0.3 is 5.69 Å². The zero-order valence-corrected chi connectivity index (χ0v) is 11.1. The van der Waals surface area contributed by atoms with Crippen molar-refractivity contribution < 1.29 is 0 Å². The van der Waals surface area contributed by atoms with Crippen LogP contribution < -0.4 is 11.2 Å². The van der Waals surface area contributed by atoms with E-state index in [-0.39, 0.29) is 11.5 Å². The van der Waals surface area contributed by atoms with Crippen LogP contribution in [0.25, 0.3) is 11.3 Å². The summed E-state index contributed by atoms with van der Waals surface area (Å²) >= 11 is 6.05. The molecule has 1 aliphatic rings. The van der Waals surface area contributed by atoms with E-state index in [2.05, 4.69) is 26.7 Å². The van der Waals surface area contributed by atoms with Gasteiger partial charge in [-0.3, -0.25) is 9.78 Å². The molecule has 2 aromatic rings. The van der Waals surface area contributed by atoms with Crippen LogP contribution in [0.15, 0.2) is 34.5 Å². The number of hydrogen-bond acceptors (Lipinski definition) is 4. The third-order valence-corrected chi connectivity index (χ3v) is 3.71. The fourth-order valence-corrected chi connectivity index (χ4v) is 2.45. The minimum Gasteiger partial charge on any atom is -0.313 e. The Labute approximate surface area is 118 Å². The average molecular weight is 291 g/mol. The number of aromatic nitrogens is 4. The lowest BCUT2D eigenvalue weighted by molar-refractivity contribution is 0.946. The maximum atomic E-state index is 11.8. The normalized spacial score (nSPS) is 20.6. The topological polar surface area (TPSA) is 91.5 Å². The van der Waals surface area contributed by atoms with Crippen molar-refractivity contribution in [2.45, 2.75) is 12.3 Å². The van der Waals surface area contributed by atoms with E-state index < -0.39 is 11.2 Å². The highest BCUT2D eigenvalue weighted by Crippen LogP contribution is 2.50. The number of H-pyrrole nitrogens is 2. The van der Waals surface area contributed by atoms with Gasteiger partial charge in [0.25, 0.3) is 5.56 Å². The summed E-state index contributed by atoms with van der Waals surface area (Å²) in [7, 11) is 0. The molecule has 1 fully saturated rings. The van der Waals surface area contributed by atoms with Crippen molar-refractivity contribution in [3.63, 3.8) is 0 Å². The summed E-state index contributed by atoms with van der Waals surface area (Å²) in [6, 6.07) is 1.74. The molecule has 6 nitrogen and oxygen atoms in total. The monoisotopic (exact) mass is 290 g/mol. The summed E-state index contributed by atoms with van der Waals surface area (Å²) in [6.45, 7) is 3.76. The molecule has 7 heteroatoms. The fourth-order valence-electron chi connectivity index (χ4n) is 2.22. The molecule has 2 N–H and O–H groups in total. The first-order chi connectivity index (χ1) is 9.60. The summed E-state index contributed by atoms with van der Waals surface area (Å²) in [4.78, 5) is 27.3. The second-order valence-electron chi connectivity index (χ2n) is 4.70. The average Bonchev–Trinajstić information content (AvgIpc) is 3.19. The number of nitrogens with one attached hydrogen (secondary N) is 2. The van der Waals surface area contributed by atoms with Gasteiger partial charge in [0.1, 0.15) is 5.69 Å². The SMILES string of the molecule is C=CC1C[C@@H]1c1cc(-c2c[nH]c(=O)[nH]c2=O)nnc1Cl. The smallest absolute Gasteiger partial charge is 0.313 e. The molecule has 0 radical (unpaired) electrons. The highest BCUT2D eigenvalue weighted by atomic mass is 35.5. The molecule has 3 rings (SSSR count). The minimum absolute atomic E-state index is 0.255. The van der Waals surface area contributed by atoms with Crippen LogP contribution in [0.4, 0.5) is 0 Å². The van der Waals surface area contributed by atoms with Crippen molar-refractivity contribution in [2.24, 2.45) is 5.92 Å². The van der Waals surface area contributed by atoms with E-state index in [1.165, 1.54) is 6.20 Å². The molecule has 0 spiro atoms. The van der Waals surface area contributed by atoms with Gasteiger partial charge in [0.15, 0.2) is 5.15 Å². The maximum Gasteiger partial charge on any atom is 0.325 e. The van der Waals surface area contributed by atoms with Gasteiger partial charge in [-0.25, -0.2) is 4.79 Å². The molecule has 0 bridgehead atoms. The molecule has 0 aromatic carbocycles. The Hall–Kier alpha value is -2.21. The molecule has 102 valence electrons. The van der Waals surface area contributed by atoms with E-state index in [9.17, 15) is 9.59 Å². The van der Waals surface area contributed by atoms with Crippen LogP contribution in [-0.2, 0) is 0 Å². The number of rotatable bonds is 3. The van der Waals surface area contributed by atoms with Gasteiger partial charge in [0.2, 0.25) is 0 Å². The lowest BCUT2D eigenvalue weighted by atomic mass is 10.1. The largest absolute Gasteiger partial charge is 0.325 e. The standard InChI is InChI=1S/C13H11ClN4O2/c1-2-6-3-7(6)8-4-10(17-18-11(8)14)9-5-15-13(20)16-12(9)19/h2,4-7H,1,3H2,(H2,15,16,19,20)/t6?,7-/m0/s1. The zero-order chi connectivity index (χ0) is 14.3. The molecule has 2 atom stereocenters. The highest BCUT2D eigenvalue weighted by molar-refractivity contribution is 6.30. The van der Waals surface area contributed by atoms with Gasteiger partial charge in [-0.2, -0.15) is 0 Å². The van der Waals surface area contributed by atoms with Crippen molar-refractivity contribution in [2.75, 3.05) is 0 Å². The highest BCUT2D eigenvalue weighted by Gasteiger charge is 2.37. The quantitative estimate of drug-likeness (QED) is 0.837. The molecule has 2 aromatic heterocycles. The van der Waals surface area contributed by atoms with Crippen molar-refractivity contribution in [1.82, 2.24) is 20.2 Å². The van der Waals surface area contributed by atoms with E-state index in [4.69, 9.17) is 11.6 Å². The van der Waals surface area contributed by atoms with Crippen molar-refractivity contribution in [1.29, 1.82) is 0 Å². The minimum atomic E-state index is -0.560. The van der Waals surface area contributed by atoms with Crippen LogP contribution in [-0.4, -0.2) is 20.2 Å². The number of aromatic amines is 2. The number of nitrogens with zero attached hydrogens (tertiary/aromatic N) is 2. The predicted molar refractivity (Wildman–Crippen MR) is 74.8 cm³/mol. The molecule has 0 aliphatic heterocycles. The summed E-state index contributed by atoms with van der Waals surface area (Å²) in [5.74, 6) is 0.662. The Balaban J connectivity index is 2.07. The van der Waals surface area contributed by atoms with E-state index in [1.807, 2.05) is 6.08 Å². The van der Waals surface area contributed by atoms with Gasteiger partial charge in [-0.15, -0.1) is 16.8 Å². The van der Waals surface area contributed by atoms with Crippen LogP contribution >= 0.6 is 11.6 Å². The van der Waals surface area contributed by atoms with E-state index in [0.29, 0.717) is 16.8 Å². The molecular formula is C13H11ClN4O2. The zero-order valence-electron chi connectivity index (χ0n) is 10.4. The number of halogens is 1. The molecule has 2 heterocycles. The second kappa shape index (κ2) is 4.72. The lowest BCUT2D eigenvalue weighted by Gasteiger charge is -2.04. The Bertz CT molecular complexity index is 795. The Morgan fingerprint density at radius 1 is 1.40 bits per heavy atom. The summed E-state index contributed by atoms with van der Waals surface area (Å²) < 4.78 is 0. The summed E-state index contributed by atoms with van der Waals surface area (Å²) in [5, 5.41) is 8.13. The predicted octanol–water partition coefficient (Wildman–Crippen LogP) is 1.46. The van der Waals surface area contributed by atoms with Crippen LogP contribution in [0.3, 0.4) is 0 Å². The summed E-state index contributed by atoms with van der Waals surface area (Å²) in [6.07, 6.45) is 4.17. The van der Waals surface area contributed by atoms with Gasteiger partial charge in [-0.1, -0.05) is 17.7 Å². The van der Waals surface area contributed by atoms with Crippen molar-refractivity contribution >= 4 is 11.6 Å². The fraction of sp³-hybridized carbons (Fsp3) is 0.231. The molecule has 1 aliphatic carbocycles. The Kier molecular flexibility index (Phi) is 3.02. The maximum absolute atomic E-state index is 11.8. The Morgan fingerprint density at radius 3 is 2.85 bits per heavy atom. The third-order valence-electron chi connectivity index (χ3n) is 3.41. The first kappa shape index (κ1) is 12.8. The van der Waals surface area contributed by atoms with Gasteiger partial charge in [0.05, 0.1) is 5.56 Å². The van der Waals surface area contributed by atoms with Crippen LogP contribution in [0.1, 0.15) is 17.9 Å². The van der Waals surface area contributed by atoms with Crippen LogP contribution in [0.5, 0.6) is 0 Å². The molecule has 20 heavy (non-hydrogen) atoms. The van der Waals surface area contributed by atoms with Crippen molar-refractivity contribution in [3.8, 4) is 11.3 Å².